The van der Waals surface area contributed by atoms with E-state index in [0.717, 1.165) is 36.7 Å². The van der Waals surface area contributed by atoms with Crippen molar-refractivity contribution in [3.63, 3.8) is 0 Å². The first-order chi connectivity index (χ1) is 11.3. The minimum atomic E-state index is 0.675. The van der Waals surface area contributed by atoms with Gasteiger partial charge in [-0.3, -0.25) is 4.99 Å². The van der Waals surface area contributed by atoms with Gasteiger partial charge in [0.05, 0.1) is 19.5 Å². The number of guanidine groups is 1. The average molecular weight is 315 g/mol. The third-order valence-electron chi connectivity index (χ3n) is 3.46. The monoisotopic (exact) mass is 315 g/mol. The molecule has 23 heavy (non-hydrogen) atoms. The number of anilines is 1. The number of benzene rings is 1. The summed E-state index contributed by atoms with van der Waals surface area (Å²) < 4.78 is 13.3. The molecule has 2 N–H and O–H groups in total. The maximum Gasteiger partial charge on any atom is 0.195 e. The molecule has 0 unspecified atom stereocenters. The van der Waals surface area contributed by atoms with Crippen molar-refractivity contribution >= 4 is 11.6 Å². The minimum absolute atomic E-state index is 0.675. The topological polar surface area (TPSA) is 72.7 Å². The van der Waals surface area contributed by atoms with Crippen molar-refractivity contribution in [2.75, 3.05) is 32.1 Å². The lowest BCUT2D eigenvalue weighted by Crippen LogP contribution is -2.33. The number of imidazole rings is 1. The predicted molar refractivity (Wildman–Crippen MR) is 89.3 cm³/mol. The fourth-order valence-corrected chi connectivity index (χ4v) is 2.28. The molecule has 0 radical (unpaired) electrons. The van der Waals surface area contributed by atoms with E-state index in [9.17, 15) is 0 Å². The maximum atomic E-state index is 5.70. The maximum absolute atomic E-state index is 5.70. The highest BCUT2D eigenvalue weighted by Gasteiger charge is 2.11. The lowest BCUT2D eigenvalue weighted by atomic mass is 10.3. The molecular formula is C16H21N5O2. The smallest absolute Gasteiger partial charge is 0.195 e. The molecule has 1 aromatic heterocycles. The van der Waals surface area contributed by atoms with Crippen LogP contribution >= 0.6 is 0 Å². The zero-order chi connectivity index (χ0) is 15.9. The molecule has 122 valence electrons. The van der Waals surface area contributed by atoms with Crippen LogP contribution < -0.4 is 20.1 Å². The van der Waals surface area contributed by atoms with Gasteiger partial charge in [-0.2, -0.15) is 0 Å². The number of hydrogen-bond donors (Lipinski definition) is 2. The summed E-state index contributed by atoms with van der Waals surface area (Å²) in [7, 11) is 1.75. The molecule has 0 atom stereocenters. The quantitative estimate of drug-likeness (QED) is 0.664. The Balaban J connectivity index is 1.57. The fraction of sp³-hybridized carbons (Fsp3) is 0.375. The average Bonchev–Trinajstić information content (AvgIpc) is 2.98. The molecule has 7 nitrogen and oxygen atoms in total. The van der Waals surface area contributed by atoms with Crippen LogP contribution in [0.5, 0.6) is 11.5 Å². The van der Waals surface area contributed by atoms with Gasteiger partial charge in [-0.05, 0) is 12.1 Å². The summed E-state index contributed by atoms with van der Waals surface area (Å²) in [5.41, 5.74) is 0.907. The van der Waals surface area contributed by atoms with Gasteiger partial charge >= 0.3 is 0 Å². The number of fused-ring (bicyclic) bond motifs is 1. The first kappa shape index (κ1) is 15.2. The Morgan fingerprint density at radius 2 is 2.17 bits per heavy atom. The van der Waals surface area contributed by atoms with Crippen LogP contribution in [-0.2, 0) is 6.54 Å². The molecule has 0 amide bonds. The highest BCUT2D eigenvalue weighted by Crippen LogP contribution is 2.32. The van der Waals surface area contributed by atoms with E-state index < -0.39 is 0 Å². The molecule has 0 bridgehead atoms. The summed E-state index contributed by atoms with van der Waals surface area (Å²) in [5, 5.41) is 6.52. The van der Waals surface area contributed by atoms with Crippen molar-refractivity contribution in [2.24, 2.45) is 4.99 Å². The van der Waals surface area contributed by atoms with E-state index in [4.69, 9.17) is 9.47 Å². The lowest BCUT2D eigenvalue weighted by Gasteiger charge is -2.14. The highest BCUT2D eigenvalue weighted by molar-refractivity contribution is 5.93. The molecule has 0 aliphatic carbocycles. The van der Waals surface area contributed by atoms with Gasteiger partial charge in [-0.1, -0.05) is 0 Å². The number of rotatable bonds is 4. The summed E-state index contributed by atoms with van der Waals surface area (Å²) in [6, 6.07) is 5.81. The van der Waals surface area contributed by atoms with Crippen molar-refractivity contribution in [3.8, 4) is 11.5 Å². The highest BCUT2D eigenvalue weighted by atomic mass is 16.5. The minimum Gasteiger partial charge on any atom is -0.490 e. The summed E-state index contributed by atoms with van der Waals surface area (Å²) in [6.07, 6.45) is 6.39. The normalized spacial score (nSPS) is 14.2. The van der Waals surface area contributed by atoms with Crippen LogP contribution in [0.1, 0.15) is 6.42 Å². The molecule has 2 aromatic rings. The number of nitrogens with one attached hydrogen (secondary N) is 2. The second kappa shape index (κ2) is 7.53. The summed E-state index contributed by atoms with van der Waals surface area (Å²) in [6.45, 7) is 2.94. The molecule has 1 aliphatic rings. The van der Waals surface area contributed by atoms with Gasteiger partial charge in [-0.25, -0.2) is 4.98 Å². The number of aliphatic imine (C=N–C) groups is 1. The first-order valence-corrected chi connectivity index (χ1v) is 7.68. The Bertz CT molecular complexity index is 654. The number of hydrogen-bond acceptors (Lipinski definition) is 4. The summed E-state index contributed by atoms with van der Waals surface area (Å²) in [5.74, 6) is 2.26. The van der Waals surface area contributed by atoms with Crippen LogP contribution in [-0.4, -0.2) is 42.3 Å². The molecule has 1 aromatic carbocycles. The van der Waals surface area contributed by atoms with E-state index in [1.165, 1.54) is 0 Å². The standard InChI is InChI=1S/C16H21N5O2/c1-17-16(19-6-8-21-7-5-18-12-21)20-13-3-4-14-15(11-13)23-10-2-9-22-14/h3-5,7,11-12H,2,6,8-10H2,1H3,(H2,17,19,20). The van der Waals surface area contributed by atoms with Gasteiger partial charge in [-0.15, -0.1) is 0 Å². The van der Waals surface area contributed by atoms with E-state index in [2.05, 4.69) is 20.6 Å². The largest absolute Gasteiger partial charge is 0.490 e. The van der Waals surface area contributed by atoms with E-state index in [0.29, 0.717) is 19.2 Å². The van der Waals surface area contributed by atoms with Gasteiger partial charge in [0.15, 0.2) is 17.5 Å². The number of ether oxygens (including phenoxy) is 2. The molecule has 0 saturated carbocycles. The van der Waals surface area contributed by atoms with Crippen LogP contribution in [0.15, 0.2) is 41.9 Å². The summed E-state index contributed by atoms with van der Waals surface area (Å²) in [4.78, 5) is 8.25. The van der Waals surface area contributed by atoms with Crippen molar-refractivity contribution in [3.05, 3.63) is 36.9 Å². The van der Waals surface area contributed by atoms with Crippen LogP contribution in [0.4, 0.5) is 5.69 Å². The first-order valence-electron chi connectivity index (χ1n) is 7.68. The van der Waals surface area contributed by atoms with Crippen molar-refractivity contribution in [1.82, 2.24) is 14.9 Å². The Morgan fingerprint density at radius 3 is 2.96 bits per heavy atom. The van der Waals surface area contributed by atoms with E-state index in [-0.39, 0.29) is 0 Å². The van der Waals surface area contributed by atoms with Gasteiger partial charge in [0.1, 0.15) is 0 Å². The number of nitrogens with zero attached hydrogens (tertiary/aromatic N) is 3. The van der Waals surface area contributed by atoms with Gasteiger partial charge in [0.25, 0.3) is 0 Å². The van der Waals surface area contributed by atoms with Crippen molar-refractivity contribution < 1.29 is 9.47 Å². The molecule has 0 saturated heterocycles. The zero-order valence-electron chi connectivity index (χ0n) is 13.2. The van der Waals surface area contributed by atoms with Crippen LogP contribution in [0.3, 0.4) is 0 Å². The van der Waals surface area contributed by atoms with Gasteiger partial charge < -0.3 is 24.7 Å². The Kier molecular flexibility index (Phi) is 4.98. The van der Waals surface area contributed by atoms with Crippen LogP contribution in [0, 0.1) is 0 Å². The molecule has 2 heterocycles. The lowest BCUT2D eigenvalue weighted by molar-refractivity contribution is 0.297. The second-order valence-corrected chi connectivity index (χ2v) is 5.14. The van der Waals surface area contributed by atoms with E-state index in [1.807, 2.05) is 29.0 Å². The predicted octanol–water partition coefficient (Wildman–Crippen LogP) is 1.73. The Morgan fingerprint density at radius 1 is 1.30 bits per heavy atom. The fourth-order valence-electron chi connectivity index (χ4n) is 2.28. The third kappa shape index (κ3) is 4.15. The van der Waals surface area contributed by atoms with Crippen LogP contribution in [0.2, 0.25) is 0 Å². The van der Waals surface area contributed by atoms with Crippen molar-refractivity contribution in [2.45, 2.75) is 13.0 Å². The van der Waals surface area contributed by atoms with E-state index in [1.54, 1.807) is 19.6 Å². The molecule has 7 heteroatoms. The third-order valence-corrected chi connectivity index (χ3v) is 3.46. The van der Waals surface area contributed by atoms with Gasteiger partial charge in [0, 0.05) is 50.7 Å². The molecule has 3 rings (SSSR count). The zero-order valence-corrected chi connectivity index (χ0v) is 13.2. The van der Waals surface area contributed by atoms with Crippen LogP contribution in [0.25, 0.3) is 0 Å². The Hall–Kier alpha value is -2.70. The number of aromatic nitrogens is 2. The summed E-state index contributed by atoms with van der Waals surface area (Å²) >= 11 is 0. The molecule has 1 aliphatic heterocycles. The Labute approximate surface area is 135 Å². The molecule has 0 spiro atoms. The van der Waals surface area contributed by atoms with Gasteiger partial charge in [0.2, 0.25) is 0 Å². The SMILES string of the molecule is CN=C(NCCn1ccnc1)Nc1ccc2c(c1)OCCCO2. The van der Waals surface area contributed by atoms with E-state index >= 15 is 0 Å². The van der Waals surface area contributed by atoms with Crippen molar-refractivity contribution in [1.29, 1.82) is 0 Å². The molecular weight excluding hydrogens is 294 g/mol. The second-order valence-electron chi connectivity index (χ2n) is 5.14. The molecule has 0 fully saturated rings.